The Morgan fingerprint density at radius 1 is 1.04 bits per heavy atom. The lowest BCUT2D eigenvalue weighted by atomic mass is 10.2. The van der Waals surface area contributed by atoms with E-state index < -0.39 is 18.0 Å². The Hall–Kier alpha value is -3.02. The van der Waals surface area contributed by atoms with Gasteiger partial charge >= 0.3 is 5.97 Å². The van der Waals surface area contributed by atoms with E-state index in [2.05, 4.69) is 5.32 Å². The molecule has 26 heavy (non-hydrogen) atoms. The fraction of sp³-hybridized carbons (Fsp3) is 0.300. The summed E-state index contributed by atoms with van der Waals surface area (Å²) < 4.78 is 16.0. The molecule has 1 N–H and O–H groups in total. The van der Waals surface area contributed by atoms with Crippen molar-refractivity contribution in [1.29, 1.82) is 0 Å². The van der Waals surface area contributed by atoms with Crippen molar-refractivity contribution < 1.29 is 23.8 Å². The second kappa shape index (κ2) is 9.46. The normalized spacial score (nSPS) is 11.3. The van der Waals surface area contributed by atoms with Crippen LogP contribution in [0, 0.1) is 6.92 Å². The molecule has 6 heteroatoms. The number of rotatable bonds is 8. The lowest BCUT2D eigenvalue weighted by Gasteiger charge is -2.15. The number of benzene rings is 2. The van der Waals surface area contributed by atoms with E-state index >= 15 is 0 Å². The van der Waals surface area contributed by atoms with Gasteiger partial charge in [0, 0.05) is 5.69 Å². The first-order valence-electron chi connectivity index (χ1n) is 8.41. The summed E-state index contributed by atoms with van der Waals surface area (Å²) in [5.41, 5.74) is 1.67. The zero-order chi connectivity index (χ0) is 18.9. The predicted octanol–water partition coefficient (Wildman–Crippen LogP) is 3.34. The van der Waals surface area contributed by atoms with Gasteiger partial charge in [0.2, 0.25) is 0 Å². The van der Waals surface area contributed by atoms with Crippen LogP contribution in [-0.4, -0.2) is 31.2 Å². The maximum absolute atomic E-state index is 12.1. The number of aryl methyl sites for hydroxylation is 1. The molecular formula is C20H23NO5. The summed E-state index contributed by atoms with van der Waals surface area (Å²) in [6.45, 7) is 5.47. The first-order chi connectivity index (χ1) is 12.5. The van der Waals surface area contributed by atoms with Crippen molar-refractivity contribution in [2.45, 2.75) is 26.9 Å². The number of hydrogen-bond donors (Lipinski definition) is 1. The number of ether oxygens (including phenoxy) is 3. The van der Waals surface area contributed by atoms with E-state index in [1.54, 1.807) is 24.3 Å². The van der Waals surface area contributed by atoms with Gasteiger partial charge in [0.25, 0.3) is 5.91 Å². The van der Waals surface area contributed by atoms with Crippen LogP contribution in [0.5, 0.6) is 11.5 Å². The van der Waals surface area contributed by atoms with Crippen LogP contribution in [0.1, 0.15) is 19.4 Å². The molecule has 0 saturated carbocycles. The molecule has 2 aromatic carbocycles. The molecule has 138 valence electrons. The summed E-state index contributed by atoms with van der Waals surface area (Å²) >= 11 is 0. The Balaban J connectivity index is 1.84. The summed E-state index contributed by atoms with van der Waals surface area (Å²) in [4.78, 5) is 24.1. The molecular weight excluding hydrogens is 334 g/mol. The zero-order valence-electron chi connectivity index (χ0n) is 15.2. The number of amides is 1. The highest BCUT2D eigenvalue weighted by molar-refractivity contribution is 5.95. The summed E-state index contributed by atoms with van der Waals surface area (Å²) in [7, 11) is 0. The Morgan fingerprint density at radius 3 is 2.38 bits per heavy atom. The van der Waals surface area contributed by atoms with Gasteiger partial charge < -0.3 is 19.5 Å². The standard InChI is InChI=1S/C20H23NO5/c1-4-24-17-10-5-6-11-18(17)25-13-19(22)26-15(3)20(23)21-16-9-7-8-14(2)12-16/h5-12,15H,4,13H2,1-3H3,(H,21,23). The molecule has 0 aliphatic heterocycles. The van der Waals surface area contributed by atoms with Crippen molar-refractivity contribution in [3.05, 3.63) is 54.1 Å². The quantitative estimate of drug-likeness (QED) is 0.734. The molecule has 2 rings (SSSR count). The summed E-state index contributed by atoms with van der Waals surface area (Å²) in [6.07, 6.45) is -0.936. The largest absolute Gasteiger partial charge is 0.490 e. The number of anilines is 1. The smallest absolute Gasteiger partial charge is 0.344 e. The Bertz CT molecular complexity index is 759. The summed E-state index contributed by atoms with van der Waals surface area (Å²) in [5.74, 6) is -0.0435. The van der Waals surface area contributed by atoms with Crippen molar-refractivity contribution in [2.24, 2.45) is 0 Å². The van der Waals surface area contributed by atoms with Gasteiger partial charge in [-0.05, 0) is 50.6 Å². The lowest BCUT2D eigenvalue weighted by molar-refractivity contribution is -0.155. The van der Waals surface area contributed by atoms with Crippen LogP contribution in [0.3, 0.4) is 0 Å². The third kappa shape index (κ3) is 5.81. The molecule has 6 nitrogen and oxygen atoms in total. The molecule has 1 amide bonds. The molecule has 1 unspecified atom stereocenters. The molecule has 0 fully saturated rings. The Labute approximate surface area is 153 Å². The first kappa shape index (κ1) is 19.3. The topological polar surface area (TPSA) is 73.9 Å². The molecule has 0 aliphatic rings. The minimum Gasteiger partial charge on any atom is -0.490 e. The van der Waals surface area contributed by atoms with Crippen LogP contribution >= 0.6 is 0 Å². The SMILES string of the molecule is CCOc1ccccc1OCC(=O)OC(C)C(=O)Nc1cccc(C)c1. The van der Waals surface area contributed by atoms with Gasteiger partial charge in [-0.2, -0.15) is 0 Å². The Morgan fingerprint density at radius 2 is 1.73 bits per heavy atom. The van der Waals surface area contributed by atoms with E-state index in [1.807, 2.05) is 38.1 Å². The molecule has 0 saturated heterocycles. The highest BCUT2D eigenvalue weighted by atomic mass is 16.6. The maximum atomic E-state index is 12.1. The second-order valence-corrected chi connectivity index (χ2v) is 5.66. The lowest BCUT2D eigenvalue weighted by Crippen LogP contribution is -2.31. The van der Waals surface area contributed by atoms with E-state index in [1.165, 1.54) is 6.92 Å². The predicted molar refractivity (Wildman–Crippen MR) is 98.5 cm³/mol. The Kier molecular flexibility index (Phi) is 7.02. The van der Waals surface area contributed by atoms with E-state index in [0.29, 0.717) is 23.8 Å². The van der Waals surface area contributed by atoms with Gasteiger partial charge in [-0.1, -0.05) is 24.3 Å². The van der Waals surface area contributed by atoms with E-state index in [4.69, 9.17) is 14.2 Å². The zero-order valence-corrected chi connectivity index (χ0v) is 15.2. The average Bonchev–Trinajstić information content (AvgIpc) is 2.61. The van der Waals surface area contributed by atoms with Gasteiger partial charge in [0.1, 0.15) is 0 Å². The fourth-order valence-corrected chi connectivity index (χ4v) is 2.23. The van der Waals surface area contributed by atoms with Crippen molar-refractivity contribution >= 4 is 17.6 Å². The molecule has 2 aromatic rings. The minimum absolute atomic E-state index is 0.313. The van der Waals surface area contributed by atoms with Gasteiger partial charge in [0.05, 0.1) is 6.61 Å². The molecule has 0 spiro atoms. The average molecular weight is 357 g/mol. The van der Waals surface area contributed by atoms with E-state index in [-0.39, 0.29) is 6.61 Å². The molecule has 1 atom stereocenters. The number of carbonyl (C=O) groups excluding carboxylic acids is 2. The van der Waals surface area contributed by atoms with Crippen molar-refractivity contribution in [1.82, 2.24) is 0 Å². The third-order valence-corrected chi connectivity index (χ3v) is 3.46. The number of esters is 1. The van der Waals surface area contributed by atoms with Crippen LogP contribution < -0.4 is 14.8 Å². The van der Waals surface area contributed by atoms with Crippen molar-refractivity contribution in [3.63, 3.8) is 0 Å². The minimum atomic E-state index is -0.936. The van der Waals surface area contributed by atoms with Crippen molar-refractivity contribution in [3.8, 4) is 11.5 Å². The van der Waals surface area contributed by atoms with E-state index in [0.717, 1.165) is 5.56 Å². The van der Waals surface area contributed by atoms with Crippen LogP contribution in [0.25, 0.3) is 0 Å². The highest BCUT2D eigenvalue weighted by Crippen LogP contribution is 2.26. The summed E-state index contributed by atoms with van der Waals surface area (Å²) in [5, 5.41) is 2.71. The number of hydrogen-bond acceptors (Lipinski definition) is 5. The third-order valence-electron chi connectivity index (χ3n) is 3.46. The number of carbonyl (C=O) groups is 2. The van der Waals surface area contributed by atoms with Gasteiger partial charge in [-0.25, -0.2) is 4.79 Å². The number of para-hydroxylation sites is 2. The summed E-state index contributed by atoms with van der Waals surface area (Å²) in [6, 6.07) is 14.4. The van der Waals surface area contributed by atoms with Gasteiger partial charge in [-0.3, -0.25) is 4.79 Å². The molecule has 0 bridgehead atoms. The molecule has 0 aliphatic carbocycles. The van der Waals surface area contributed by atoms with E-state index in [9.17, 15) is 9.59 Å². The van der Waals surface area contributed by atoms with Crippen LogP contribution in [0.4, 0.5) is 5.69 Å². The number of nitrogens with one attached hydrogen (secondary N) is 1. The highest BCUT2D eigenvalue weighted by Gasteiger charge is 2.18. The molecule has 0 heterocycles. The molecule has 0 aromatic heterocycles. The first-order valence-corrected chi connectivity index (χ1v) is 8.41. The van der Waals surface area contributed by atoms with Crippen LogP contribution in [0.2, 0.25) is 0 Å². The fourth-order valence-electron chi connectivity index (χ4n) is 2.23. The monoisotopic (exact) mass is 357 g/mol. The van der Waals surface area contributed by atoms with Gasteiger partial charge in [0.15, 0.2) is 24.2 Å². The van der Waals surface area contributed by atoms with Gasteiger partial charge in [-0.15, -0.1) is 0 Å². The molecule has 0 radical (unpaired) electrons. The van der Waals surface area contributed by atoms with Crippen LogP contribution in [0.15, 0.2) is 48.5 Å². The second-order valence-electron chi connectivity index (χ2n) is 5.66. The maximum Gasteiger partial charge on any atom is 0.344 e. The van der Waals surface area contributed by atoms with Crippen LogP contribution in [-0.2, 0) is 14.3 Å². The van der Waals surface area contributed by atoms with Crippen molar-refractivity contribution in [2.75, 3.05) is 18.5 Å².